The van der Waals surface area contributed by atoms with Crippen LogP contribution < -0.4 is 10.5 Å². The Kier molecular flexibility index (Phi) is 5.89. The Hall–Kier alpha value is -1.31. The number of benzene rings is 1. The van der Waals surface area contributed by atoms with Crippen molar-refractivity contribution < 1.29 is 17.9 Å². The van der Waals surface area contributed by atoms with Gasteiger partial charge in [-0.1, -0.05) is 17.7 Å². The van der Waals surface area contributed by atoms with Crippen molar-refractivity contribution in [3.05, 3.63) is 29.3 Å². The van der Waals surface area contributed by atoms with Crippen LogP contribution in [0.1, 0.15) is 12.8 Å². The van der Waals surface area contributed by atoms with Crippen LogP contribution in [0.2, 0.25) is 5.02 Å². The number of amides is 1. The number of nitrogens with zero attached hydrogens (tertiary/aromatic N) is 1. The van der Waals surface area contributed by atoms with Crippen molar-refractivity contribution in [1.82, 2.24) is 4.90 Å². The molecule has 1 aromatic rings. The predicted molar refractivity (Wildman–Crippen MR) is 89.4 cm³/mol. The molecule has 1 heterocycles. The highest BCUT2D eigenvalue weighted by atomic mass is 35.5. The van der Waals surface area contributed by atoms with Crippen molar-refractivity contribution in [1.29, 1.82) is 0 Å². The number of rotatable bonds is 6. The van der Waals surface area contributed by atoms with Crippen molar-refractivity contribution in [2.75, 3.05) is 25.1 Å². The normalized spacial score (nSPS) is 19.6. The number of halogens is 1. The second-order valence-corrected chi connectivity index (χ2v) is 8.49. The van der Waals surface area contributed by atoms with E-state index in [0.717, 1.165) is 6.26 Å². The van der Waals surface area contributed by atoms with Gasteiger partial charge in [-0.3, -0.25) is 4.79 Å². The lowest BCUT2D eigenvalue weighted by molar-refractivity contribution is -0.131. The molecule has 2 unspecified atom stereocenters. The summed E-state index contributed by atoms with van der Waals surface area (Å²) in [7, 11) is -3.12. The van der Waals surface area contributed by atoms with Gasteiger partial charge in [-0.2, -0.15) is 0 Å². The molecule has 0 radical (unpaired) electrons. The summed E-state index contributed by atoms with van der Waals surface area (Å²) in [4.78, 5) is 13.9. The van der Waals surface area contributed by atoms with Gasteiger partial charge in [0.2, 0.25) is 5.91 Å². The van der Waals surface area contributed by atoms with Gasteiger partial charge in [-0.25, -0.2) is 8.42 Å². The zero-order valence-electron chi connectivity index (χ0n) is 12.9. The first-order valence-corrected chi connectivity index (χ1v) is 9.83. The van der Waals surface area contributed by atoms with Crippen LogP contribution in [0, 0.1) is 0 Å². The van der Waals surface area contributed by atoms with Gasteiger partial charge in [0, 0.05) is 24.2 Å². The first kappa shape index (κ1) is 18.0. The van der Waals surface area contributed by atoms with Gasteiger partial charge in [0.15, 0.2) is 0 Å². The second kappa shape index (κ2) is 7.51. The number of hydrogen-bond donors (Lipinski definition) is 1. The van der Waals surface area contributed by atoms with E-state index in [1.54, 1.807) is 23.1 Å². The van der Waals surface area contributed by atoms with E-state index < -0.39 is 15.9 Å². The molecule has 1 fully saturated rings. The number of sulfone groups is 1. The molecule has 1 aromatic carbocycles. The Bertz CT molecular complexity index is 665. The number of nitrogens with two attached hydrogens (primary N) is 1. The third kappa shape index (κ3) is 5.67. The van der Waals surface area contributed by atoms with Gasteiger partial charge in [-0.05, 0) is 24.6 Å². The molecule has 8 heteroatoms. The van der Waals surface area contributed by atoms with E-state index in [9.17, 15) is 13.2 Å². The lowest BCUT2D eigenvalue weighted by Crippen LogP contribution is -2.44. The Labute approximate surface area is 141 Å². The average Bonchev–Trinajstić information content (AvgIpc) is 2.91. The molecule has 1 aliphatic rings. The minimum Gasteiger partial charge on any atom is -0.488 e. The molecule has 0 bridgehead atoms. The summed E-state index contributed by atoms with van der Waals surface area (Å²) in [5.74, 6) is 0.347. The zero-order chi connectivity index (χ0) is 17.0. The summed E-state index contributed by atoms with van der Waals surface area (Å²) in [6.07, 6.45) is 1.86. The Morgan fingerprint density at radius 1 is 1.52 bits per heavy atom. The number of hydrogen-bond acceptors (Lipinski definition) is 5. The Morgan fingerprint density at radius 2 is 2.26 bits per heavy atom. The first-order chi connectivity index (χ1) is 10.7. The molecular weight excluding hydrogens is 340 g/mol. The molecule has 0 aliphatic carbocycles. The van der Waals surface area contributed by atoms with Crippen molar-refractivity contribution in [2.24, 2.45) is 5.73 Å². The summed E-state index contributed by atoms with van der Waals surface area (Å²) in [5, 5.41) is 0.594. The van der Waals surface area contributed by atoms with Crippen LogP contribution in [0.4, 0.5) is 0 Å². The van der Waals surface area contributed by atoms with Crippen molar-refractivity contribution in [3.8, 4) is 5.75 Å². The molecular formula is C15H21ClN2O4S. The van der Waals surface area contributed by atoms with Gasteiger partial charge in [0.25, 0.3) is 0 Å². The van der Waals surface area contributed by atoms with Crippen LogP contribution >= 0.6 is 11.6 Å². The lowest BCUT2D eigenvalue weighted by Gasteiger charge is -2.21. The summed E-state index contributed by atoms with van der Waals surface area (Å²) in [6.45, 7) is 0.995. The highest BCUT2D eigenvalue weighted by Gasteiger charge is 2.30. The highest BCUT2D eigenvalue weighted by Crippen LogP contribution is 2.22. The summed E-state index contributed by atoms with van der Waals surface area (Å²) >= 11 is 5.91. The molecule has 1 aliphatic heterocycles. The first-order valence-electron chi connectivity index (χ1n) is 7.39. The standard InChI is InChI=1S/C15H21ClN2O4S/c1-23(20,21)8-6-14(17)15(19)18-7-5-13(10-18)22-12-4-2-3-11(16)9-12/h2-4,9,13-14H,5-8,10,17H2,1H3. The van der Waals surface area contributed by atoms with Crippen LogP contribution in [0.5, 0.6) is 5.75 Å². The molecule has 0 aromatic heterocycles. The maximum absolute atomic E-state index is 12.2. The molecule has 128 valence electrons. The van der Waals surface area contributed by atoms with Crippen LogP contribution in [-0.2, 0) is 14.6 Å². The fourth-order valence-corrected chi connectivity index (χ4v) is 3.32. The predicted octanol–water partition coefficient (Wildman–Crippen LogP) is 1.08. The van der Waals surface area contributed by atoms with Crippen molar-refractivity contribution in [3.63, 3.8) is 0 Å². The van der Waals surface area contributed by atoms with Crippen LogP contribution in [0.15, 0.2) is 24.3 Å². The minimum atomic E-state index is -3.12. The molecule has 1 saturated heterocycles. The van der Waals surface area contributed by atoms with E-state index >= 15 is 0 Å². The Morgan fingerprint density at radius 3 is 2.91 bits per heavy atom. The number of carbonyl (C=O) groups excluding carboxylic acids is 1. The fourth-order valence-electron chi connectivity index (χ4n) is 2.46. The van der Waals surface area contributed by atoms with E-state index in [2.05, 4.69) is 0 Å². The fraction of sp³-hybridized carbons (Fsp3) is 0.533. The largest absolute Gasteiger partial charge is 0.488 e. The number of carbonyl (C=O) groups is 1. The van der Waals surface area contributed by atoms with Gasteiger partial charge in [0.1, 0.15) is 21.7 Å². The van der Waals surface area contributed by atoms with Gasteiger partial charge in [0.05, 0.1) is 18.3 Å². The van der Waals surface area contributed by atoms with E-state index in [1.807, 2.05) is 6.07 Å². The number of likely N-dealkylation sites (tertiary alicyclic amines) is 1. The molecule has 23 heavy (non-hydrogen) atoms. The van der Waals surface area contributed by atoms with Gasteiger partial charge >= 0.3 is 0 Å². The highest BCUT2D eigenvalue weighted by molar-refractivity contribution is 7.90. The van der Waals surface area contributed by atoms with E-state index in [1.165, 1.54) is 0 Å². The Balaban J connectivity index is 1.85. The zero-order valence-corrected chi connectivity index (χ0v) is 14.5. The molecule has 2 rings (SSSR count). The van der Waals surface area contributed by atoms with E-state index in [-0.39, 0.29) is 24.2 Å². The third-order valence-electron chi connectivity index (χ3n) is 3.67. The maximum Gasteiger partial charge on any atom is 0.239 e. The topological polar surface area (TPSA) is 89.7 Å². The maximum atomic E-state index is 12.2. The average molecular weight is 361 g/mol. The van der Waals surface area contributed by atoms with E-state index in [4.69, 9.17) is 22.1 Å². The summed E-state index contributed by atoms with van der Waals surface area (Å²) in [6, 6.07) is 6.31. The smallest absolute Gasteiger partial charge is 0.239 e. The van der Waals surface area contributed by atoms with Crippen LogP contribution in [0.3, 0.4) is 0 Å². The number of ether oxygens (including phenoxy) is 1. The SMILES string of the molecule is CS(=O)(=O)CCC(N)C(=O)N1CCC(Oc2cccc(Cl)c2)C1. The van der Waals surface area contributed by atoms with Crippen LogP contribution in [0.25, 0.3) is 0 Å². The molecule has 2 N–H and O–H groups in total. The van der Waals surface area contributed by atoms with Crippen molar-refractivity contribution >= 4 is 27.3 Å². The summed E-state index contributed by atoms with van der Waals surface area (Å²) < 4.78 is 28.1. The summed E-state index contributed by atoms with van der Waals surface area (Å²) in [5.41, 5.74) is 5.81. The van der Waals surface area contributed by atoms with Gasteiger partial charge < -0.3 is 15.4 Å². The quantitative estimate of drug-likeness (QED) is 0.819. The molecule has 0 spiro atoms. The van der Waals surface area contributed by atoms with Gasteiger partial charge in [-0.15, -0.1) is 0 Å². The third-order valence-corrected chi connectivity index (χ3v) is 4.88. The molecule has 0 saturated carbocycles. The van der Waals surface area contributed by atoms with Crippen molar-refractivity contribution in [2.45, 2.75) is 25.0 Å². The second-order valence-electron chi connectivity index (χ2n) is 5.80. The lowest BCUT2D eigenvalue weighted by atomic mass is 10.2. The molecule has 6 nitrogen and oxygen atoms in total. The monoisotopic (exact) mass is 360 g/mol. The molecule has 1 amide bonds. The minimum absolute atomic E-state index is 0.0871. The van der Waals surface area contributed by atoms with E-state index in [0.29, 0.717) is 30.3 Å². The van der Waals surface area contributed by atoms with Crippen LogP contribution in [-0.4, -0.2) is 56.5 Å². The molecule has 2 atom stereocenters.